The first kappa shape index (κ1) is 36.5. The molecule has 0 spiro atoms. The molecule has 2 aliphatic rings. The zero-order valence-corrected chi connectivity index (χ0v) is 26.0. The Morgan fingerprint density at radius 3 is 2.02 bits per heavy atom. The summed E-state index contributed by atoms with van der Waals surface area (Å²) in [5.74, 6) is 0.443. The lowest BCUT2D eigenvalue weighted by atomic mass is 9.92. The number of benzene rings is 2. The van der Waals surface area contributed by atoms with E-state index in [4.69, 9.17) is 4.74 Å². The first-order chi connectivity index (χ1) is 23.4. The van der Waals surface area contributed by atoms with Gasteiger partial charge in [0.25, 0.3) is 5.69 Å². The minimum Gasteiger partial charge on any atom is -0.490 e. The Morgan fingerprint density at radius 2 is 1.46 bits per heavy atom. The van der Waals surface area contributed by atoms with Crippen molar-refractivity contribution in [2.75, 3.05) is 36.4 Å². The van der Waals surface area contributed by atoms with E-state index in [1.807, 2.05) is 4.90 Å². The average Bonchev–Trinajstić information content (AvgIpc) is 3.04. The quantitative estimate of drug-likeness (QED) is 0.145. The number of pyridine rings is 1. The van der Waals surface area contributed by atoms with Crippen molar-refractivity contribution in [3.8, 4) is 5.75 Å². The van der Waals surface area contributed by atoms with E-state index >= 15 is 0 Å². The van der Waals surface area contributed by atoms with Gasteiger partial charge in [-0.1, -0.05) is 0 Å². The zero-order chi connectivity index (χ0) is 36.4. The lowest BCUT2D eigenvalue weighted by Gasteiger charge is -2.36. The molecule has 5 rings (SSSR count). The summed E-state index contributed by atoms with van der Waals surface area (Å²) in [6, 6.07) is 7.11. The number of nitro benzene ring substituents is 1. The minimum absolute atomic E-state index is 0.0168. The normalized spacial score (nSPS) is 18.9. The van der Waals surface area contributed by atoms with Crippen LogP contribution in [0.3, 0.4) is 0 Å². The van der Waals surface area contributed by atoms with Crippen molar-refractivity contribution in [3.05, 3.63) is 87.1 Å². The summed E-state index contributed by atoms with van der Waals surface area (Å²) in [7, 11) is 0. The van der Waals surface area contributed by atoms with Gasteiger partial charge in [-0.15, -0.1) is 0 Å². The molecule has 18 heteroatoms. The molecule has 1 saturated heterocycles. The molecule has 0 atom stereocenters. The highest BCUT2D eigenvalue weighted by Crippen LogP contribution is 2.39. The van der Waals surface area contributed by atoms with Crippen LogP contribution in [-0.4, -0.2) is 59.0 Å². The number of hydrogen-bond donors (Lipinski definition) is 1. The number of rotatable bonds is 8. The number of nitrogens with one attached hydrogen (secondary N) is 1. The number of alkyl halides is 9. The summed E-state index contributed by atoms with van der Waals surface area (Å²) < 4.78 is 126. The van der Waals surface area contributed by atoms with Crippen molar-refractivity contribution in [2.45, 2.75) is 62.8 Å². The van der Waals surface area contributed by atoms with Gasteiger partial charge in [-0.3, -0.25) is 14.9 Å². The summed E-state index contributed by atoms with van der Waals surface area (Å²) in [5, 5.41) is 14.0. The van der Waals surface area contributed by atoms with E-state index in [1.165, 1.54) is 17.2 Å². The molecule has 270 valence electrons. The molecular formula is C32H30F9N5O4. The van der Waals surface area contributed by atoms with E-state index < -0.39 is 63.7 Å². The summed E-state index contributed by atoms with van der Waals surface area (Å²) >= 11 is 0. The molecule has 50 heavy (non-hydrogen) atoms. The molecule has 1 aliphatic carbocycles. The summed E-state index contributed by atoms with van der Waals surface area (Å²) in [6.45, 7) is 0.919. The highest BCUT2D eigenvalue weighted by atomic mass is 19.4. The molecule has 1 amide bonds. The van der Waals surface area contributed by atoms with Crippen LogP contribution in [0.15, 0.2) is 54.7 Å². The van der Waals surface area contributed by atoms with E-state index in [-0.39, 0.29) is 37.0 Å². The van der Waals surface area contributed by atoms with Crippen LogP contribution in [-0.2, 0) is 29.7 Å². The number of anilines is 2. The van der Waals surface area contributed by atoms with Crippen molar-refractivity contribution < 1.29 is 54.0 Å². The number of amides is 1. The van der Waals surface area contributed by atoms with Crippen LogP contribution < -0.4 is 15.0 Å². The second-order valence-electron chi connectivity index (χ2n) is 12.0. The highest BCUT2D eigenvalue weighted by Gasteiger charge is 2.39. The monoisotopic (exact) mass is 719 g/mol. The number of carbonyl (C=O) groups excluding carboxylic acids is 1. The Balaban J connectivity index is 1.12. The van der Waals surface area contributed by atoms with Crippen LogP contribution in [0.2, 0.25) is 0 Å². The van der Waals surface area contributed by atoms with Crippen LogP contribution >= 0.6 is 0 Å². The molecule has 2 fully saturated rings. The molecule has 1 aliphatic heterocycles. The Hall–Kier alpha value is -4.77. The van der Waals surface area contributed by atoms with E-state index in [0.29, 0.717) is 62.5 Å². The van der Waals surface area contributed by atoms with E-state index in [2.05, 4.69) is 10.3 Å². The number of carbonyl (C=O) groups is 1. The van der Waals surface area contributed by atoms with Crippen LogP contribution in [0.1, 0.15) is 47.9 Å². The zero-order valence-electron chi connectivity index (χ0n) is 26.0. The van der Waals surface area contributed by atoms with Gasteiger partial charge in [0.1, 0.15) is 17.1 Å². The molecule has 0 unspecified atom stereocenters. The van der Waals surface area contributed by atoms with Gasteiger partial charge in [-0.05, 0) is 67.6 Å². The van der Waals surface area contributed by atoms with Gasteiger partial charge < -0.3 is 19.9 Å². The third kappa shape index (κ3) is 9.06. The third-order valence-electron chi connectivity index (χ3n) is 8.52. The first-order valence-corrected chi connectivity index (χ1v) is 15.4. The summed E-state index contributed by atoms with van der Waals surface area (Å²) in [4.78, 5) is 30.4. The maximum atomic E-state index is 13.3. The molecule has 2 aromatic carbocycles. The molecule has 3 aromatic rings. The van der Waals surface area contributed by atoms with Gasteiger partial charge in [0, 0.05) is 56.2 Å². The molecule has 1 saturated carbocycles. The fraction of sp³-hybridized carbons (Fsp3) is 0.438. The molecule has 0 radical (unpaired) electrons. The largest absolute Gasteiger partial charge is 0.490 e. The van der Waals surface area contributed by atoms with Gasteiger partial charge in [0.2, 0.25) is 5.91 Å². The average molecular weight is 720 g/mol. The highest BCUT2D eigenvalue weighted by molar-refractivity contribution is 5.79. The van der Waals surface area contributed by atoms with Crippen LogP contribution in [0.25, 0.3) is 0 Å². The smallest absolute Gasteiger partial charge is 0.423 e. The van der Waals surface area contributed by atoms with Gasteiger partial charge in [-0.2, -0.15) is 39.5 Å². The first-order valence-electron chi connectivity index (χ1n) is 15.4. The van der Waals surface area contributed by atoms with Crippen molar-refractivity contribution in [2.24, 2.45) is 0 Å². The lowest BCUT2D eigenvalue weighted by molar-refractivity contribution is -0.388. The molecule has 2 heterocycles. The van der Waals surface area contributed by atoms with Gasteiger partial charge in [-0.25, -0.2) is 4.98 Å². The Labute approximate surface area is 279 Å². The molecule has 0 bridgehead atoms. The van der Waals surface area contributed by atoms with Crippen LogP contribution in [0.5, 0.6) is 5.75 Å². The van der Waals surface area contributed by atoms with Gasteiger partial charge >= 0.3 is 18.5 Å². The van der Waals surface area contributed by atoms with Crippen LogP contribution in [0, 0.1) is 10.1 Å². The second kappa shape index (κ2) is 14.2. The SMILES string of the molecule is O=C(Cc1cc(C(F)(F)F)cc(C(F)(F)F)c1)N1CCN(c2cc(OC3CCC(Nc4ccc([N+](=O)[O-])c(C(F)(F)F)c4)CC3)ccn2)CC1. The molecule has 1 aromatic heterocycles. The Morgan fingerprint density at radius 1 is 0.840 bits per heavy atom. The predicted octanol–water partition coefficient (Wildman–Crippen LogP) is 7.74. The number of halogens is 9. The van der Waals surface area contributed by atoms with E-state index in [9.17, 15) is 54.4 Å². The Bertz CT molecular complexity index is 1670. The summed E-state index contributed by atoms with van der Waals surface area (Å²) in [6.07, 6.45) is -11.9. The standard InChI is InChI=1S/C32H30F9N5O4/c33-30(34,35)20-13-19(14-21(16-20)31(36,37)38)15-29(47)45-11-9-44(10-12-45)28-18-25(7-8-42-28)50-24-4-1-22(2-5-24)43-23-3-6-27(46(48)49)26(17-23)32(39,40)41/h3,6-8,13-14,16-18,22,24,43H,1-2,4-5,9-12,15H2. The number of nitro groups is 1. The van der Waals surface area contributed by atoms with E-state index in [1.54, 1.807) is 12.1 Å². The third-order valence-corrected chi connectivity index (χ3v) is 8.52. The second-order valence-corrected chi connectivity index (χ2v) is 12.0. The number of aromatic nitrogens is 1. The van der Waals surface area contributed by atoms with Gasteiger partial charge in [0.15, 0.2) is 0 Å². The number of nitrogens with zero attached hydrogens (tertiary/aromatic N) is 4. The van der Waals surface area contributed by atoms with Crippen molar-refractivity contribution in [1.29, 1.82) is 0 Å². The summed E-state index contributed by atoms with van der Waals surface area (Å²) in [5.41, 5.74) is -5.58. The van der Waals surface area contributed by atoms with Crippen molar-refractivity contribution in [1.82, 2.24) is 9.88 Å². The fourth-order valence-corrected chi connectivity index (χ4v) is 6.00. The van der Waals surface area contributed by atoms with Gasteiger partial charge in [0.05, 0.1) is 28.6 Å². The number of ether oxygens (including phenoxy) is 1. The maximum absolute atomic E-state index is 13.3. The maximum Gasteiger partial charge on any atom is 0.423 e. The van der Waals surface area contributed by atoms with Crippen molar-refractivity contribution >= 4 is 23.1 Å². The van der Waals surface area contributed by atoms with E-state index in [0.717, 1.165) is 12.1 Å². The molecule has 1 N–H and O–H groups in total. The number of hydrogen-bond acceptors (Lipinski definition) is 7. The molecular weight excluding hydrogens is 689 g/mol. The number of piperazine rings is 1. The fourth-order valence-electron chi connectivity index (χ4n) is 6.00. The minimum atomic E-state index is -5.02. The molecule has 9 nitrogen and oxygen atoms in total. The lowest BCUT2D eigenvalue weighted by Crippen LogP contribution is -2.49. The Kier molecular flexibility index (Phi) is 10.4. The predicted molar refractivity (Wildman–Crippen MR) is 162 cm³/mol. The van der Waals surface area contributed by atoms with Crippen LogP contribution in [0.4, 0.5) is 56.7 Å². The topological polar surface area (TPSA) is 101 Å². The van der Waals surface area contributed by atoms with Crippen molar-refractivity contribution in [3.63, 3.8) is 0 Å².